The molecule has 0 saturated heterocycles. The molecule has 0 bridgehead atoms. The maximum Gasteiger partial charge on any atom is 0.240 e. The number of carbonyl (C=O) groups excluding carboxylic acids is 1. The third-order valence-electron chi connectivity index (χ3n) is 2.20. The van der Waals surface area contributed by atoms with Crippen LogP contribution in [0.4, 0.5) is 0 Å². The van der Waals surface area contributed by atoms with Gasteiger partial charge >= 0.3 is 0 Å². The summed E-state index contributed by atoms with van der Waals surface area (Å²) >= 11 is 0. The molecule has 0 aliphatic rings. The van der Waals surface area contributed by atoms with Crippen LogP contribution >= 0.6 is 0 Å². The molecule has 0 atom stereocenters. The fourth-order valence-corrected chi connectivity index (χ4v) is 1.60. The van der Waals surface area contributed by atoms with E-state index in [1.807, 2.05) is 34.6 Å². The predicted molar refractivity (Wildman–Crippen MR) is 67.3 cm³/mol. The Morgan fingerprint density at radius 1 is 1.41 bits per heavy atom. The number of hydrogen-bond donors (Lipinski definition) is 2. The number of nitrogens with one attached hydrogen (secondary N) is 1. The molecule has 0 aromatic carbocycles. The second kappa shape index (κ2) is 4.49. The lowest BCUT2D eigenvalue weighted by atomic mass is 10.0. The molecule has 1 rings (SSSR count). The third kappa shape index (κ3) is 4.19. The van der Waals surface area contributed by atoms with Crippen LogP contribution in [0.2, 0.25) is 0 Å². The zero-order valence-corrected chi connectivity index (χ0v) is 11.2. The second-order valence-corrected chi connectivity index (χ2v) is 5.93. The quantitative estimate of drug-likeness (QED) is 0.825. The smallest absolute Gasteiger partial charge is 0.240 e. The summed E-state index contributed by atoms with van der Waals surface area (Å²) in [5.41, 5.74) is 6.13. The fraction of sp³-hybridized carbons (Fsp3) is 0.667. The minimum atomic E-state index is -0.501. The highest BCUT2D eigenvalue weighted by Crippen LogP contribution is 2.15. The highest BCUT2D eigenvalue weighted by atomic mass is 16.2. The van der Waals surface area contributed by atoms with E-state index in [4.69, 9.17) is 5.73 Å². The molecule has 0 spiro atoms. The summed E-state index contributed by atoms with van der Waals surface area (Å²) in [6.45, 7) is 9.88. The molecule has 0 aliphatic carbocycles. The molecule has 1 amide bonds. The maximum absolute atomic E-state index is 11.8. The monoisotopic (exact) mass is 238 g/mol. The molecule has 3 N–H and O–H groups in total. The van der Waals surface area contributed by atoms with Gasteiger partial charge in [0.1, 0.15) is 6.54 Å². The molecule has 1 aromatic heterocycles. The number of imidazole rings is 1. The molecule has 0 radical (unpaired) electrons. The topological polar surface area (TPSA) is 72.9 Å². The molecule has 1 heterocycles. The number of aromatic nitrogens is 2. The molecule has 5 nitrogen and oxygen atoms in total. The minimum absolute atomic E-state index is 0.0407. The Kier molecular flexibility index (Phi) is 3.62. The summed E-state index contributed by atoms with van der Waals surface area (Å²) in [5, 5.41) is 2.91. The van der Waals surface area contributed by atoms with Crippen molar-refractivity contribution in [2.45, 2.75) is 52.2 Å². The first kappa shape index (κ1) is 13.7. The van der Waals surface area contributed by atoms with E-state index < -0.39 is 5.54 Å². The van der Waals surface area contributed by atoms with Crippen molar-refractivity contribution in [3.63, 3.8) is 0 Å². The van der Waals surface area contributed by atoms with E-state index in [2.05, 4.69) is 10.3 Å². The lowest BCUT2D eigenvalue weighted by Crippen LogP contribution is -2.43. The van der Waals surface area contributed by atoms with Crippen LogP contribution in [0.25, 0.3) is 0 Å². The van der Waals surface area contributed by atoms with Crippen molar-refractivity contribution in [1.82, 2.24) is 14.9 Å². The van der Waals surface area contributed by atoms with Gasteiger partial charge in [0.2, 0.25) is 5.91 Å². The second-order valence-electron chi connectivity index (χ2n) is 5.93. The molecule has 0 aliphatic heterocycles. The first-order chi connectivity index (χ1) is 7.59. The Bertz CT molecular complexity index is 395. The van der Waals surface area contributed by atoms with Gasteiger partial charge in [0, 0.05) is 11.7 Å². The summed E-state index contributed by atoms with van der Waals surface area (Å²) in [7, 11) is 0. The zero-order chi connectivity index (χ0) is 13.3. The van der Waals surface area contributed by atoms with E-state index in [1.54, 1.807) is 17.1 Å². The zero-order valence-electron chi connectivity index (χ0n) is 11.2. The predicted octanol–water partition coefficient (Wildman–Crippen LogP) is 0.992. The van der Waals surface area contributed by atoms with Crippen molar-refractivity contribution in [3.8, 4) is 0 Å². The van der Waals surface area contributed by atoms with E-state index in [0.29, 0.717) is 0 Å². The van der Waals surface area contributed by atoms with Gasteiger partial charge < -0.3 is 15.6 Å². The van der Waals surface area contributed by atoms with Crippen molar-refractivity contribution in [3.05, 3.63) is 18.2 Å². The molecule has 17 heavy (non-hydrogen) atoms. The van der Waals surface area contributed by atoms with Gasteiger partial charge in [-0.2, -0.15) is 0 Å². The highest BCUT2D eigenvalue weighted by molar-refractivity contribution is 5.76. The number of nitrogens with zero attached hydrogens (tertiary/aromatic N) is 2. The summed E-state index contributed by atoms with van der Waals surface area (Å²) in [5.74, 6) is -0.0407. The molecule has 5 heteroatoms. The van der Waals surface area contributed by atoms with Crippen molar-refractivity contribution < 1.29 is 4.79 Å². The Balaban J connectivity index is 2.77. The van der Waals surface area contributed by atoms with E-state index in [-0.39, 0.29) is 18.0 Å². The highest BCUT2D eigenvalue weighted by Gasteiger charge is 2.21. The summed E-state index contributed by atoms with van der Waals surface area (Å²) in [4.78, 5) is 15.8. The Morgan fingerprint density at radius 2 is 2.00 bits per heavy atom. The van der Waals surface area contributed by atoms with Gasteiger partial charge in [-0.05, 0) is 34.6 Å². The van der Waals surface area contributed by atoms with Crippen LogP contribution in [0.5, 0.6) is 0 Å². The van der Waals surface area contributed by atoms with Gasteiger partial charge in [-0.15, -0.1) is 0 Å². The van der Waals surface area contributed by atoms with Crippen molar-refractivity contribution in [2.75, 3.05) is 0 Å². The minimum Gasteiger partial charge on any atom is -0.350 e. The van der Waals surface area contributed by atoms with Gasteiger partial charge in [0.25, 0.3) is 0 Å². The van der Waals surface area contributed by atoms with Crippen molar-refractivity contribution in [2.24, 2.45) is 5.73 Å². The summed E-state index contributed by atoms with van der Waals surface area (Å²) in [6.07, 6.45) is 3.33. The molecule has 96 valence electrons. The van der Waals surface area contributed by atoms with E-state index in [0.717, 1.165) is 5.69 Å². The van der Waals surface area contributed by atoms with Crippen LogP contribution in [0.3, 0.4) is 0 Å². The summed E-state index contributed by atoms with van der Waals surface area (Å²) < 4.78 is 1.78. The normalized spacial score (nSPS) is 12.6. The van der Waals surface area contributed by atoms with Crippen LogP contribution in [-0.4, -0.2) is 21.0 Å². The van der Waals surface area contributed by atoms with E-state index >= 15 is 0 Å². The molecular formula is C12H22N4O. The van der Waals surface area contributed by atoms with E-state index in [9.17, 15) is 4.79 Å². The van der Waals surface area contributed by atoms with Crippen molar-refractivity contribution >= 4 is 5.91 Å². The van der Waals surface area contributed by atoms with Gasteiger partial charge in [-0.3, -0.25) is 4.79 Å². The first-order valence-corrected chi connectivity index (χ1v) is 5.70. The average Bonchev–Trinajstić information content (AvgIpc) is 2.46. The number of hydrogen-bond acceptors (Lipinski definition) is 3. The lowest BCUT2D eigenvalue weighted by molar-refractivity contribution is -0.123. The maximum atomic E-state index is 11.8. The summed E-state index contributed by atoms with van der Waals surface area (Å²) in [6, 6.07) is 0. The number of nitrogens with two attached hydrogens (primary N) is 1. The largest absolute Gasteiger partial charge is 0.350 e. The van der Waals surface area contributed by atoms with Gasteiger partial charge in [-0.1, -0.05) is 0 Å². The van der Waals surface area contributed by atoms with Crippen LogP contribution in [0, 0.1) is 0 Å². The van der Waals surface area contributed by atoms with Gasteiger partial charge in [0.15, 0.2) is 0 Å². The van der Waals surface area contributed by atoms with Gasteiger partial charge in [-0.25, -0.2) is 4.98 Å². The van der Waals surface area contributed by atoms with Gasteiger partial charge in [0.05, 0.1) is 17.6 Å². The Morgan fingerprint density at radius 3 is 2.47 bits per heavy atom. The Hall–Kier alpha value is -1.36. The number of carbonyl (C=O) groups is 1. The molecule has 0 fully saturated rings. The Labute approximate surface area is 102 Å². The first-order valence-electron chi connectivity index (χ1n) is 5.70. The van der Waals surface area contributed by atoms with Crippen molar-refractivity contribution in [1.29, 1.82) is 0 Å². The van der Waals surface area contributed by atoms with Crippen LogP contribution in [-0.2, 0) is 16.9 Å². The van der Waals surface area contributed by atoms with E-state index in [1.165, 1.54) is 0 Å². The molecule has 1 aromatic rings. The van der Waals surface area contributed by atoms with Crippen LogP contribution in [0.15, 0.2) is 12.5 Å². The fourth-order valence-electron chi connectivity index (χ4n) is 1.60. The van der Waals surface area contributed by atoms with Crippen LogP contribution < -0.4 is 11.1 Å². The SMILES string of the molecule is CC(C)(C)NC(=O)Cn1cncc1C(C)(C)N. The third-order valence-corrected chi connectivity index (χ3v) is 2.20. The number of rotatable bonds is 3. The molecule has 0 saturated carbocycles. The number of amides is 1. The van der Waals surface area contributed by atoms with Crippen LogP contribution in [0.1, 0.15) is 40.3 Å². The lowest BCUT2D eigenvalue weighted by Gasteiger charge is -2.23. The average molecular weight is 238 g/mol. The molecule has 0 unspecified atom stereocenters. The molecular weight excluding hydrogens is 216 g/mol. The standard InChI is InChI=1S/C12H22N4O/c1-11(2,3)15-10(17)7-16-8-14-6-9(16)12(4,5)13/h6,8H,7,13H2,1-5H3,(H,15,17).